The Hall–Kier alpha value is -1.36. The molecule has 1 unspecified atom stereocenters. The smallest absolute Gasteiger partial charge is 0.274 e. The lowest BCUT2D eigenvalue weighted by atomic mass is 9.93. The van der Waals surface area contributed by atoms with Gasteiger partial charge < -0.3 is 9.84 Å². The molecule has 1 atom stereocenters. The third-order valence-corrected chi connectivity index (χ3v) is 4.51. The first-order valence-corrected chi connectivity index (χ1v) is 7.72. The number of amides is 1. The number of rotatable bonds is 7. The Labute approximate surface area is 128 Å². The van der Waals surface area contributed by atoms with E-state index in [0.29, 0.717) is 5.69 Å². The lowest BCUT2D eigenvalue weighted by Crippen LogP contribution is -2.56. The fraction of sp³-hybridized carbons (Fsp3) is 0.750. The molecule has 0 saturated heterocycles. The maximum atomic E-state index is 12.4. The van der Waals surface area contributed by atoms with E-state index in [-0.39, 0.29) is 17.5 Å². The van der Waals surface area contributed by atoms with Gasteiger partial charge in [-0.1, -0.05) is 19.0 Å². The Morgan fingerprint density at radius 2 is 2.05 bits per heavy atom. The minimum absolute atomic E-state index is 0.00252. The van der Waals surface area contributed by atoms with Crippen molar-refractivity contribution in [2.24, 2.45) is 0 Å². The van der Waals surface area contributed by atoms with Crippen LogP contribution in [0.2, 0.25) is 0 Å². The van der Waals surface area contributed by atoms with Crippen molar-refractivity contribution < 1.29 is 9.32 Å². The molecule has 0 bridgehead atoms. The van der Waals surface area contributed by atoms with E-state index in [0.717, 1.165) is 30.7 Å². The van der Waals surface area contributed by atoms with Crippen LogP contribution in [0.1, 0.15) is 62.9 Å². The molecule has 0 aliphatic heterocycles. The van der Waals surface area contributed by atoms with Crippen LogP contribution in [0.5, 0.6) is 0 Å². The standard InChI is InChI=1S/C16H29N3O2/c1-8-10-19(7)16(5,6)12(4)17-15(20)14-11(3)13(9-2)21-18-14/h12H,8-10H2,1-7H3,(H,17,20). The van der Waals surface area contributed by atoms with E-state index in [1.54, 1.807) is 0 Å². The first-order valence-electron chi connectivity index (χ1n) is 7.72. The number of aromatic nitrogens is 1. The van der Waals surface area contributed by atoms with Gasteiger partial charge in [0.1, 0.15) is 5.76 Å². The summed E-state index contributed by atoms with van der Waals surface area (Å²) in [7, 11) is 2.09. The molecule has 1 rings (SSSR count). The molecule has 0 saturated carbocycles. The van der Waals surface area contributed by atoms with Crippen LogP contribution < -0.4 is 5.32 Å². The zero-order valence-corrected chi connectivity index (χ0v) is 14.4. The molecule has 0 aliphatic rings. The lowest BCUT2D eigenvalue weighted by Gasteiger charge is -2.40. The Kier molecular flexibility index (Phi) is 5.96. The van der Waals surface area contributed by atoms with Gasteiger partial charge in [0.25, 0.3) is 5.91 Å². The number of hydrogen-bond acceptors (Lipinski definition) is 4. The molecule has 5 heteroatoms. The Bertz CT molecular complexity index is 480. The van der Waals surface area contributed by atoms with Crippen LogP contribution in [0.3, 0.4) is 0 Å². The summed E-state index contributed by atoms with van der Waals surface area (Å²) in [4.78, 5) is 14.6. The second-order valence-corrected chi connectivity index (χ2v) is 6.20. The minimum atomic E-state index is -0.165. The van der Waals surface area contributed by atoms with E-state index < -0.39 is 0 Å². The Morgan fingerprint density at radius 3 is 2.52 bits per heavy atom. The number of hydrogen-bond donors (Lipinski definition) is 1. The highest BCUT2D eigenvalue weighted by atomic mass is 16.5. The number of carbonyl (C=O) groups is 1. The van der Waals surface area contributed by atoms with Crippen molar-refractivity contribution >= 4 is 5.91 Å². The second-order valence-electron chi connectivity index (χ2n) is 6.20. The molecule has 0 aliphatic carbocycles. The van der Waals surface area contributed by atoms with Crippen molar-refractivity contribution in [2.75, 3.05) is 13.6 Å². The summed E-state index contributed by atoms with van der Waals surface area (Å²) in [5, 5.41) is 6.95. The summed E-state index contributed by atoms with van der Waals surface area (Å²) in [6.45, 7) is 13.3. The SMILES string of the molecule is CCCN(C)C(C)(C)C(C)NC(=O)c1noc(CC)c1C. The molecule has 21 heavy (non-hydrogen) atoms. The van der Waals surface area contributed by atoms with Gasteiger partial charge in [0, 0.05) is 23.6 Å². The molecular formula is C16H29N3O2. The molecule has 1 heterocycles. The molecular weight excluding hydrogens is 266 g/mol. The summed E-state index contributed by atoms with van der Waals surface area (Å²) in [5.41, 5.74) is 1.10. The van der Waals surface area contributed by atoms with E-state index in [9.17, 15) is 4.79 Å². The van der Waals surface area contributed by atoms with Gasteiger partial charge in [-0.2, -0.15) is 0 Å². The van der Waals surface area contributed by atoms with Gasteiger partial charge >= 0.3 is 0 Å². The van der Waals surface area contributed by atoms with Crippen molar-refractivity contribution in [3.05, 3.63) is 17.0 Å². The van der Waals surface area contributed by atoms with Gasteiger partial charge in [-0.05, 0) is 47.7 Å². The maximum absolute atomic E-state index is 12.4. The van der Waals surface area contributed by atoms with Crippen LogP contribution in [0.15, 0.2) is 4.52 Å². The van der Waals surface area contributed by atoms with Gasteiger partial charge in [0.2, 0.25) is 0 Å². The summed E-state index contributed by atoms with van der Waals surface area (Å²) in [5.74, 6) is 0.608. The predicted octanol–water partition coefficient (Wildman–Crippen LogP) is 2.78. The number of nitrogens with one attached hydrogen (secondary N) is 1. The van der Waals surface area contributed by atoms with E-state index in [1.165, 1.54) is 0 Å². The quantitative estimate of drug-likeness (QED) is 0.840. The summed E-state index contributed by atoms with van der Waals surface area (Å²) in [6.07, 6.45) is 1.83. The lowest BCUT2D eigenvalue weighted by molar-refractivity contribution is 0.0806. The van der Waals surface area contributed by atoms with Crippen molar-refractivity contribution in [3.63, 3.8) is 0 Å². The summed E-state index contributed by atoms with van der Waals surface area (Å²) < 4.78 is 5.20. The Morgan fingerprint density at radius 1 is 1.43 bits per heavy atom. The summed E-state index contributed by atoms with van der Waals surface area (Å²) in [6, 6.07) is 0.00252. The van der Waals surface area contributed by atoms with Crippen molar-refractivity contribution in [1.29, 1.82) is 0 Å². The van der Waals surface area contributed by atoms with Gasteiger partial charge in [0.15, 0.2) is 5.69 Å². The van der Waals surface area contributed by atoms with Crippen LogP contribution in [0, 0.1) is 6.92 Å². The number of likely N-dealkylation sites (N-methyl/N-ethyl adjacent to an activating group) is 1. The predicted molar refractivity (Wildman–Crippen MR) is 84.5 cm³/mol. The number of carbonyl (C=O) groups excluding carboxylic acids is 1. The normalized spacial score (nSPS) is 13.5. The molecule has 0 radical (unpaired) electrons. The van der Waals surface area contributed by atoms with Gasteiger partial charge in [0.05, 0.1) is 0 Å². The topological polar surface area (TPSA) is 58.4 Å². The minimum Gasteiger partial charge on any atom is -0.360 e. The molecule has 0 spiro atoms. The van der Waals surface area contributed by atoms with Crippen LogP contribution in [-0.2, 0) is 6.42 Å². The molecule has 5 nitrogen and oxygen atoms in total. The maximum Gasteiger partial charge on any atom is 0.274 e. The van der Waals surface area contributed by atoms with E-state index in [4.69, 9.17) is 4.52 Å². The summed E-state index contributed by atoms with van der Waals surface area (Å²) >= 11 is 0. The van der Waals surface area contributed by atoms with Crippen LogP contribution >= 0.6 is 0 Å². The van der Waals surface area contributed by atoms with Crippen LogP contribution in [0.25, 0.3) is 0 Å². The van der Waals surface area contributed by atoms with E-state index in [2.05, 4.69) is 43.2 Å². The monoisotopic (exact) mass is 295 g/mol. The zero-order chi connectivity index (χ0) is 16.2. The average molecular weight is 295 g/mol. The fourth-order valence-corrected chi connectivity index (χ4v) is 2.31. The Balaban J connectivity index is 2.79. The first-order chi connectivity index (χ1) is 9.75. The largest absolute Gasteiger partial charge is 0.360 e. The molecule has 120 valence electrons. The van der Waals surface area contributed by atoms with Crippen LogP contribution in [0.4, 0.5) is 0 Å². The third-order valence-electron chi connectivity index (χ3n) is 4.51. The molecule has 0 fully saturated rings. The first kappa shape index (κ1) is 17.7. The van der Waals surface area contributed by atoms with Crippen LogP contribution in [-0.4, -0.2) is 41.1 Å². The van der Waals surface area contributed by atoms with Crippen molar-refractivity contribution in [3.8, 4) is 0 Å². The van der Waals surface area contributed by atoms with Crippen molar-refractivity contribution in [2.45, 2.75) is 66.0 Å². The molecule has 0 aromatic carbocycles. The second kappa shape index (κ2) is 7.07. The average Bonchev–Trinajstić information content (AvgIpc) is 2.79. The molecule has 1 aromatic heterocycles. The van der Waals surface area contributed by atoms with Gasteiger partial charge in [-0.3, -0.25) is 9.69 Å². The van der Waals surface area contributed by atoms with Crippen molar-refractivity contribution in [1.82, 2.24) is 15.4 Å². The molecule has 1 N–H and O–H groups in total. The van der Waals surface area contributed by atoms with E-state index in [1.807, 2.05) is 20.8 Å². The van der Waals surface area contributed by atoms with Gasteiger partial charge in [-0.25, -0.2) is 0 Å². The fourth-order valence-electron chi connectivity index (χ4n) is 2.31. The molecule has 1 amide bonds. The number of nitrogens with zero attached hydrogens (tertiary/aromatic N) is 2. The van der Waals surface area contributed by atoms with Gasteiger partial charge in [-0.15, -0.1) is 0 Å². The highest BCUT2D eigenvalue weighted by molar-refractivity contribution is 5.93. The third kappa shape index (κ3) is 3.84. The van der Waals surface area contributed by atoms with E-state index >= 15 is 0 Å². The molecule has 1 aromatic rings. The highest BCUT2D eigenvalue weighted by Gasteiger charge is 2.32. The highest BCUT2D eigenvalue weighted by Crippen LogP contribution is 2.19. The zero-order valence-electron chi connectivity index (χ0n) is 14.4. The number of aryl methyl sites for hydroxylation is 1.